The Kier molecular flexibility index (Phi) is 4.53. The lowest BCUT2D eigenvalue weighted by atomic mass is 10.2. The summed E-state index contributed by atoms with van der Waals surface area (Å²) >= 11 is 7.60. The summed E-state index contributed by atoms with van der Waals surface area (Å²) in [5.74, 6) is 0.878. The predicted molar refractivity (Wildman–Crippen MR) is 107 cm³/mol. The molecule has 0 atom stereocenters. The largest absolute Gasteiger partial charge is 0.464 e. The molecule has 0 aliphatic carbocycles. The molecular formula is C20H17ClN2O3S. The third kappa shape index (κ3) is 3.26. The number of ether oxygens (including phenoxy) is 1. The van der Waals surface area contributed by atoms with E-state index in [0.29, 0.717) is 28.9 Å². The molecule has 3 heterocycles. The van der Waals surface area contributed by atoms with Gasteiger partial charge in [-0.1, -0.05) is 11.6 Å². The van der Waals surface area contributed by atoms with Crippen molar-refractivity contribution in [2.24, 2.45) is 0 Å². The average Bonchev–Trinajstić information content (AvgIpc) is 3.29. The molecule has 5 nitrogen and oxygen atoms in total. The van der Waals surface area contributed by atoms with Crippen LogP contribution in [0.4, 0.5) is 0 Å². The van der Waals surface area contributed by atoms with E-state index in [1.165, 1.54) is 12.0 Å². The second-order valence-electron chi connectivity index (χ2n) is 6.24. The first kappa shape index (κ1) is 17.8. The van der Waals surface area contributed by atoms with Crippen molar-refractivity contribution in [3.05, 3.63) is 63.4 Å². The van der Waals surface area contributed by atoms with Crippen LogP contribution < -0.4 is 0 Å². The number of aryl methyl sites for hydroxylation is 2. The number of thiophene rings is 1. The van der Waals surface area contributed by atoms with Gasteiger partial charge in [-0.15, -0.1) is 11.3 Å². The van der Waals surface area contributed by atoms with Gasteiger partial charge in [-0.3, -0.25) is 0 Å². The molecule has 138 valence electrons. The number of esters is 1. The molecule has 0 N–H and O–H groups in total. The molecule has 0 bridgehead atoms. The van der Waals surface area contributed by atoms with Gasteiger partial charge >= 0.3 is 5.97 Å². The van der Waals surface area contributed by atoms with E-state index in [-0.39, 0.29) is 5.97 Å². The van der Waals surface area contributed by atoms with Crippen LogP contribution in [0.1, 0.15) is 26.8 Å². The van der Waals surface area contributed by atoms with Crippen LogP contribution in [-0.2, 0) is 11.3 Å². The van der Waals surface area contributed by atoms with Crippen molar-refractivity contribution in [1.82, 2.24) is 9.55 Å². The van der Waals surface area contributed by atoms with Gasteiger partial charge in [0.15, 0.2) is 0 Å². The summed E-state index contributed by atoms with van der Waals surface area (Å²) in [6, 6.07) is 11.3. The Balaban J connectivity index is 1.76. The minimum Gasteiger partial charge on any atom is -0.464 e. The first-order valence-electron chi connectivity index (χ1n) is 8.36. The molecule has 0 saturated heterocycles. The number of nitrogens with zero attached hydrogens (tertiary/aromatic N) is 2. The van der Waals surface area contributed by atoms with Crippen molar-refractivity contribution < 1.29 is 13.9 Å². The van der Waals surface area contributed by atoms with Crippen molar-refractivity contribution in [3.63, 3.8) is 0 Å². The minimum absolute atomic E-state index is 0.366. The number of methoxy groups -OCH3 is 1. The third-order valence-corrected chi connectivity index (χ3v) is 5.64. The number of oxazole rings is 1. The summed E-state index contributed by atoms with van der Waals surface area (Å²) in [7, 11) is 1.39. The predicted octanol–water partition coefficient (Wildman–Crippen LogP) is 5.46. The van der Waals surface area contributed by atoms with Gasteiger partial charge in [0.25, 0.3) is 0 Å². The molecular weight excluding hydrogens is 384 g/mol. The molecule has 27 heavy (non-hydrogen) atoms. The molecule has 4 rings (SSSR count). The molecule has 0 unspecified atom stereocenters. The summed E-state index contributed by atoms with van der Waals surface area (Å²) in [6.45, 7) is 4.35. The number of carbonyl (C=O) groups is 1. The number of halogens is 1. The molecule has 1 aromatic carbocycles. The minimum atomic E-state index is -0.366. The van der Waals surface area contributed by atoms with Crippen molar-refractivity contribution in [3.8, 4) is 11.5 Å². The number of carbonyl (C=O) groups excluding carboxylic acids is 1. The second kappa shape index (κ2) is 6.87. The van der Waals surface area contributed by atoms with Gasteiger partial charge < -0.3 is 13.7 Å². The number of hydrogen-bond donors (Lipinski definition) is 0. The Labute approximate surface area is 165 Å². The highest BCUT2D eigenvalue weighted by Crippen LogP contribution is 2.31. The molecule has 0 aliphatic rings. The third-order valence-electron chi connectivity index (χ3n) is 4.40. The molecule has 0 aliphatic heterocycles. The lowest BCUT2D eigenvalue weighted by Gasteiger charge is -2.07. The first-order valence-corrected chi connectivity index (χ1v) is 9.56. The maximum absolute atomic E-state index is 12.2. The average molecular weight is 401 g/mol. The molecule has 0 radical (unpaired) electrons. The molecule has 7 heteroatoms. The summed E-state index contributed by atoms with van der Waals surface area (Å²) in [6.07, 6.45) is 0. The number of aromatic nitrogens is 2. The highest BCUT2D eigenvalue weighted by atomic mass is 35.5. The van der Waals surface area contributed by atoms with Gasteiger partial charge in [0.05, 0.1) is 23.9 Å². The maximum Gasteiger partial charge on any atom is 0.354 e. The normalized spacial score (nSPS) is 11.3. The Morgan fingerprint density at radius 3 is 2.70 bits per heavy atom. The summed E-state index contributed by atoms with van der Waals surface area (Å²) in [5.41, 5.74) is 3.12. The zero-order chi connectivity index (χ0) is 19.1. The zero-order valence-corrected chi connectivity index (χ0v) is 16.6. The summed E-state index contributed by atoms with van der Waals surface area (Å²) in [4.78, 5) is 18.1. The fourth-order valence-corrected chi connectivity index (χ4v) is 4.14. The Morgan fingerprint density at radius 1 is 1.26 bits per heavy atom. The van der Waals surface area contributed by atoms with Gasteiger partial charge in [0.1, 0.15) is 17.1 Å². The molecule has 0 saturated carbocycles. The molecule has 4 aromatic rings. The highest BCUT2D eigenvalue weighted by Gasteiger charge is 2.20. The van der Waals surface area contributed by atoms with Gasteiger partial charge in [-0.25, -0.2) is 9.78 Å². The van der Waals surface area contributed by atoms with Crippen LogP contribution in [0.25, 0.3) is 21.7 Å². The van der Waals surface area contributed by atoms with Crippen LogP contribution in [0.5, 0.6) is 0 Å². The van der Waals surface area contributed by atoms with E-state index in [1.54, 1.807) is 23.5 Å². The number of fused-ring (bicyclic) bond motifs is 1. The van der Waals surface area contributed by atoms with Crippen molar-refractivity contribution in [2.45, 2.75) is 20.4 Å². The lowest BCUT2D eigenvalue weighted by Crippen LogP contribution is -2.12. The maximum atomic E-state index is 12.2. The fourth-order valence-electron chi connectivity index (χ4n) is 3.05. The topological polar surface area (TPSA) is 57.3 Å². The SMILES string of the molecule is COC(=O)c1cc2sc(C)cc2n1Cc1nc(-c2ccc(Cl)cc2)oc1C. The molecule has 0 amide bonds. The lowest BCUT2D eigenvalue weighted by molar-refractivity contribution is 0.0589. The summed E-state index contributed by atoms with van der Waals surface area (Å²) < 4.78 is 13.8. The zero-order valence-electron chi connectivity index (χ0n) is 15.1. The van der Waals surface area contributed by atoms with E-state index < -0.39 is 0 Å². The van der Waals surface area contributed by atoms with Crippen molar-refractivity contribution in [2.75, 3.05) is 7.11 Å². The quantitative estimate of drug-likeness (QED) is 0.426. The standard InChI is InChI=1S/C20H17ClN2O3S/c1-11-8-16-18(27-11)9-17(20(24)25-3)23(16)10-15-12(2)26-19(22-15)13-4-6-14(21)7-5-13/h4-9H,10H2,1-3H3. The highest BCUT2D eigenvalue weighted by molar-refractivity contribution is 7.19. The Hall–Kier alpha value is -2.57. The first-order chi connectivity index (χ1) is 13.0. The van der Waals surface area contributed by atoms with Crippen LogP contribution in [0, 0.1) is 13.8 Å². The second-order valence-corrected chi connectivity index (χ2v) is 7.97. The number of benzene rings is 1. The van der Waals surface area contributed by atoms with Gasteiger partial charge in [-0.2, -0.15) is 0 Å². The van der Waals surface area contributed by atoms with Crippen LogP contribution in [0.2, 0.25) is 5.02 Å². The smallest absolute Gasteiger partial charge is 0.354 e. The van der Waals surface area contributed by atoms with E-state index in [1.807, 2.05) is 36.6 Å². The molecule has 0 fully saturated rings. The van der Waals surface area contributed by atoms with Crippen molar-refractivity contribution >= 4 is 39.1 Å². The molecule has 3 aromatic heterocycles. The van der Waals surface area contributed by atoms with Crippen LogP contribution >= 0.6 is 22.9 Å². The number of rotatable bonds is 4. The van der Waals surface area contributed by atoms with E-state index in [4.69, 9.17) is 20.8 Å². The Morgan fingerprint density at radius 2 is 2.00 bits per heavy atom. The van der Waals surface area contributed by atoms with Crippen LogP contribution in [-0.4, -0.2) is 22.6 Å². The van der Waals surface area contributed by atoms with Gasteiger partial charge in [0, 0.05) is 15.5 Å². The van der Waals surface area contributed by atoms with E-state index in [2.05, 4.69) is 11.1 Å². The fraction of sp³-hybridized carbons (Fsp3) is 0.200. The van der Waals surface area contributed by atoms with E-state index in [0.717, 1.165) is 21.5 Å². The van der Waals surface area contributed by atoms with Gasteiger partial charge in [0.2, 0.25) is 5.89 Å². The van der Waals surface area contributed by atoms with Gasteiger partial charge in [-0.05, 0) is 50.2 Å². The monoisotopic (exact) mass is 400 g/mol. The van der Waals surface area contributed by atoms with E-state index >= 15 is 0 Å². The number of hydrogen-bond acceptors (Lipinski definition) is 5. The molecule has 0 spiro atoms. The van der Waals surface area contributed by atoms with Crippen LogP contribution in [0.3, 0.4) is 0 Å². The summed E-state index contributed by atoms with van der Waals surface area (Å²) in [5, 5.41) is 0.660. The van der Waals surface area contributed by atoms with Crippen LogP contribution in [0.15, 0.2) is 40.8 Å². The van der Waals surface area contributed by atoms with Crippen molar-refractivity contribution in [1.29, 1.82) is 0 Å². The Bertz CT molecular complexity index is 1140. The van der Waals surface area contributed by atoms with E-state index in [9.17, 15) is 4.79 Å².